The van der Waals surface area contributed by atoms with Gasteiger partial charge in [-0.15, -0.1) is 10.2 Å². The molecule has 8 rings (SSSR count). The third-order valence-corrected chi connectivity index (χ3v) is 7.93. The summed E-state index contributed by atoms with van der Waals surface area (Å²) in [5.41, 5.74) is 3.28. The Labute approximate surface area is 285 Å². The van der Waals surface area contributed by atoms with Gasteiger partial charge in [-0.25, -0.2) is 9.97 Å². The van der Waals surface area contributed by atoms with E-state index >= 15 is 0 Å². The number of carbonyl (C=O) groups excluding carboxylic acids is 2. The number of hydrogen-bond donors (Lipinski definition) is 5. The number of anilines is 3. The van der Waals surface area contributed by atoms with Crippen LogP contribution in [0.1, 0.15) is 18.4 Å². The molecule has 6 aromatic heterocycles. The first kappa shape index (κ1) is 31.7. The van der Waals surface area contributed by atoms with Crippen molar-refractivity contribution in [1.82, 2.24) is 55.3 Å². The van der Waals surface area contributed by atoms with Crippen molar-refractivity contribution < 1.29 is 9.59 Å². The summed E-state index contributed by atoms with van der Waals surface area (Å²) in [6.45, 7) is 1.42. The number of fused-ring (bicyclic) bond motifs is 1. The van der Waals surface area contributed by atoms with E-state index in [0.29, 0.717) is 35.5 Å². The Balaban J connectivity index is 0.000000157. The molecule has 0 radical (unpaired) electrons. The summed E-state index contributed by atoms with van der Waals surface area (Å²) >= 11 is 0. The zero-order valence-corrected chi connectivity index (χ0v) is 26.7. The van der Waals surface area contributed by atoms with Gasteiger partial charge < -0.3 is 9.88 Å². The van der Waals surface area contributed by atoms with Gasteiger partial charge in [0.25, 0.3) is 0 Å². The van der Waals surface area contributed by atoms with Crippen LogP contribution in [0.5, 0.6) is 0 Å². The highest BCUT2D eigenvalue weighted by Gasteiger charge is 2.28. The zero-order valence-electron chi connectivity index (χ0n) is 26.7. The van der Waals surface area contributed by atoms with E-state index in [2.05, 4.69) is 65.9 Å². The molecule has 250 valence electrons. The molecule has 1 fully saturated rings. The van der Waals surface area contributed by atoms with Crippen molar-refractivity contribution in [1.29, 1.82) is 0 Å². The van der Waals surface area contributed by atoms with Crippen molar-refractivity contribution in [3.63, 3.8) is 0 Å². The summed E-state index contributed by atoms with van der Waals surface area (Å²) in [6.07, 6.45) is 10.6. The van der Waals surface area contributed by atoms with E-state index in [4.69, 9.17) is 0 Å². The van der Waals surface area contributed by atoms with Crippen molar-refractivity contribution >= 4 is 40.6 Å². The molecule has 7 aromatic rings. The van der Waals surface area contributed by atoms with Gasteiger partial charge in [-0.3, -0.25) is 40.4 Å². The second-order valence-electron chi connectivity index (χ2n) is 11.4. The number of amides is 2. The number of benzene rings is 1. The minimum absolute atomic E-state index is 0.0998. The number of para-hydroxylation sites is 1. The van der Waals surface area contributed by atoms with E-state index < -0.39 is 0 Å². The van der Waals surface area contributed by atoms with E-state index in [9.17, 15) is 9.59 Å². The molecule has 1 unspecified atom stereocenters. The van der Waals surface area contributed by atoms with Crippen molar-refractivity contribution in [3.05, 3.63) is 103 Å². The number of rotatable bonds is 8. The summed E-state index contributed by atoms with van der Waals surface area (Å²) in [6, 6.07) is 20.7. The van der Waals surface area contributed by atoms with Gasteiger partial charge in [-0.05, 0) is 54.8 Å². The molecule has 16 nitrogen and oxygen atoms in total. The average molecular weight is 669 g/mol. The van der Waals surface area contributed by atoms with Gasteiger partial charge in [-0.1, -0.05) is 30.3 Å². The quantitative estimate of drug-likeness (QED) is 0.156. The Hall–Kier alpha value is -6.84. The third-order valence-electron chi connectivity index (χ3n) is 7.93. The first-order valence-electron chi connectivity index (χ1n) is 15.9. The van der Waals surface area contributed by atoms with Crippen molar-refractivity contribution in [2.75, 3.05) is 28.6 Å². The number of H-pyrrole nitrogens is 3. The molecule has 0 saturated carbocycles. The number of carbonyl (C=O) groups is 2. The summed E-state index contributed by atoms with van der Waals surface area (Å²) in [7, 11) is 0. The zero-order chi connectivity index (χ0) is 34.1. The maximum absolute atomic E-state index is 12.6. The van der Waals surface area contributed by atoms with E-state index in [-0.39, 0.29) is 36.0 Å². The highest BCUT2D eigenvalue weighted by atomic mass is 16.2. The minimum Gasteiger partial charge on any atom is -0.361 e. The van der Waals surface area contributed by atoms with Crippen LogP contribution in [0.4, 0.5) is 17.8 Å². The molecule has 50 heavy (non-hydrogen) atoms. The fraction of sp³-hybridized carbons (Fsp3) is 0.176. The topological polar surface area (TPSA) is 212 Å². The largest absolute Gasteiger partial charge is 0.361 e. The standard InChI is InChI=1S/C17H18N8O.C17H14N6O/c26-15(12-5-3-10-25(11-12)17-19-8-4-9-20-17)22-16-21-14(23-24-16)13-6-1-2-7-18-13;24-15(9-11-10-19-13-6-2-1-5-12(11)13)20-17-21-16(22-23-17)14-7-3-4-8-18-14/h1-2,4,6-9,12H,3,5,10-11H2,(H2,21,22,23,24,26);1-8,10,19H,9H2,(H2,20,21,22,23,24). The molecule has 16 heteroatoms. The molecule has 1 atom stereocenters. The van der Waals surface area contributed by atoms with Crippen molar-refractivity contribution in [3.8, 4) is 23.0 Å². The Kier molecular flexibility index (Phi) is 9.48. The Morgan fingerprint density at radius 3 is 2.08 bits per heavy atom. The van der Waals surface area contributed by atoms with Crippen molar-refractivity contribution in [2.24, 2.45) is 5.92 Å². The minimum atomic E-state index is -0.175. The van der Waals surface area contributed by atoms with Crippen LogP contribution in [-0.4, -0.2) is 80.2 Å². The molecular formula is C34H32N14O2. The van der Waals surface area contributed by atoms with Crippen LogP contribution >= 0.6 is 0 Å². The number of nitrogens with zero attached hydrogens (tertiary/aromatic N) is 9. The highest BCUT2D eigenvalue weighted by molar-refractivity contribution is 5.95. The van der Waals surface area contributed by atoms with Gasteiger partial charge in [0.15, 0.2) is 11.6 Å². The van der Waals surface area contributed by atoms with Crippen LogP contribution in [-0.2, 0) is 16.0 Å². The normalized spacial score (nSPS) is 14.1. The molecule has 1 aliphatic heterocycles. The van der Waals surface area contributed by atoms with Crippen molar-refractivity contribution in [2.45, 2.75) is 19.3 Å². The fourth-order valence-electron chi connectivity index (χ4n) is 5.53. The van der Waals surface area contributed by atoms with E-state index in [1.165, 1.54) is 0 Å². The summed E-state index contributed by atoms with van der Waals surface area (Å²) < 4.78 is 0. The van der Waals surface area contributed by atoms with Gasteiger partial charge >= 0.3 is 0 Å². The lowest BCUT2D eigenvalue weighted by Crippen LogP contribution is -2.41. The van der Waals surface area contributed by atoms with Gasteiger partial charge in [0.2, 0.25) is 29.7 Å². The lowest BCUT2D eigenvalue weighted by Gasteiger charge is -2.31. The molecule has 0 aliphatic carbocycles. The predicted octanol–water partition coefficient (Wildman–Crippen LogP) is 4.04. The van der Waals surface area contributed by atoms with E-state index in [0.717, 1.165) is 35.9 Å². The van der Waals surface area contributed by atoms with Crippen LogP contribution in [0, 0.1) is 5.92 Å². The molecule has 2 amide bonds. The molecule has 0 spiro atoms. The van der Waals surface area contributed by atoms with Gasteiger partial charge in [0, 0.05) is 55.0 Å². The molecular weight excluding hydrogens is 636 g/mol. The Bertz CT molecular complexity index is 2170. The first-order valence-corrected chi connectivity index (χ1v) is 15.9. The average Bonchev–Trinajstić information content (AvgIpc) is 3.94. The SMILES string of the molecule is O=C(Cc1c[nH]c2ccccc12)Nc1n[nH]c(-c2ccccn2)n1.O=C(Nc1n[nH]c(-c2ccccn2)n1)C1CCCN(c2ncccn2)C1. The second-order valence-corrected chi connectivity index (χ2v) is 11.4. The van der Waals surface area contributed by atoms with Gasteiger partial charge in [0.05, 0.1) is 12.3 Å². The number of pyridine rings is 2. The third kappa shape index (κ3) is 7.65. The Morgan fingerprint density at radius 1 is 0.760 bits per heavy atom. The molecule has 1 saturated heterocycles. The summed E-state index contributed by atoms with van der Waals surface area (Å²) in [5, 5.41) is 20.2. The van der Waals surface area contributed by atoms with E-state index in [1.54, 1.807) is 30.9 Å². The smallest absolute Gasteiger partial charge is 0.249 e. The molecule has 7 heterocycles. The lowest BCUT2D eigenvalue weighted by molar-refractivity contribution is -0.120. The maximum Gasteiger partial charge on any atom is 0.249 e. The van der Waals surface area contributed by atoms with Crippen LogP contribution in [0.15, 0.2) is 97.7 Å². The number of hydrogen-bond acceptors (Lipinski definition) is 11. The highest BCUT2D eigenvalue weighted by Crippen LogP contribution is 2.22. The molecule has 0 bridgehead atoms. The predicted molar refractivity (Wildman–Crippen MR) is 185 cm³/mol. The lowest BCUT2D eigenvalue weighted by atomic mass is 9.97. The van der Waals surface area contributed by atoms with Crippen LogP contribution < -0.4 is 15.5 Å². The van der Waals surface area contributed by atoms with Crippen LogP contribution in [0.3, 0.4) is 0 Å². The molecule has 5 N–H and O–H groups in total. The summed E-state index contributed by atoms with van der Waals surface area (Å²) in [4.78, 5) is 55.5. The van der Waals surface area contributed by atoms with E-state index in [1.807, 2.05) is 71.8 Å². The number of aromatic amines is 3. The maximum atomic E-state index is 12.6. The number of aromatic nitrogens is 11. The van der Waals surface area contributed by atoms with Gasteiger partial charge in [-0.2, -0.15) is 9.97 Å². The number of nitrogens with one attached hydrogen (secondary N) is 5. The van der Waals surface area contributed by atoms with Crippen LogP contribution in [0.2, 0.25) is 0 Å². The summed E-state index contributed by atoms with van der Waals surface area (Å²) in [5.74, 6) is 1.74. The first-order chi connectivity index (χ1) is 24.6. The van der Waals surface area contributed by atoms with Gasteiger partial charge in [0.1, 0.15) is 11.4 Å². The Morgan fingerprint density at radius 2 is 1.40 bits per heavy atom. The molecule has 1 aromatic carbocycles. The second kappa shape index (κ2) is 14.9. The molecule has 1 aliphatic rings. The van der Waals surface area contributed by atoms with Crippen LogP contribution in [0.25, 0.3) is 33.9 Å². The number of piperidine rings is 1. The fourth-order valence-corrected chi connectivity index (χ4v) is 5.53. The monoisotopic (exact) mass is 668 g/mol.